The van der Waals surface area contributed by atoms with E-state index in [1.807, 2.05) is 43.3 Å². The Morgan fingerprint density at radius 3 is 2.63 bits per heavy atom. The molecule has 0 aliphatic carbocycles. The average molecular weight is 423 g/mol. The average Bonchev–Trinajstić information content (AvgIpc) is 3.12. The number of carbonyl (C=O) groups is 1. The van der Waals surface area contributed by atoms with E-state index in [9.17, 15) is 4.79 Å². The molecule has 0 radical (unpaired) electrons. The van der Waals surface area contributed by atoms with Crippen LogP contribution < -0.4 is 10.9 Å². The lowest BCUT2D eigenvalue weighted by Gasteiger charge is -2.09. The Labute approximate surface area is 163 Å². The van der Waals surface area contributed by atoms with Gasteiger partial charge in [-0.15, -0.1) is 0 Å². The number of fused-ring (bicyclic) bond motifs is 1. The molecule has 2 aromatic carbocycles. The number of carbonyl (C=O) groups excluding carboxylic acids is 1. The van der Waals surface area contributed by atoms with Gasteiger partial charge in [-0.05, 0) is 47.1 Å². The fourth-order valence-corrected chi connectivity index (χ4v) is 3.11. The molecular weight excluding hydrogens is 408 g/mol. The summed E-state index contributed by atoms with van der Waals surface area (Å²) in [5, 5.41) is 5.11. The topological polar surface area (TPSA) is 84.7 Å². The minimum atomic E-state index is -0.278. The van der Waals surface area contributed by atoms with Crippen LogP contribution in [-0.4, -0.2) is 25.7 Å². The normalized spacial score (nSPS) is 10.7. The first kappa shape index (κ1) is 17.2. The molecule has 2 heterocycles. The molecule has 0 bridgehead atoms. The molecule has 2 aromatic heterocycles. The number of halogens is 1. The van der Waals surface area contributed by atoms with Crippen molar-refractivity contribution >= 4 is 38.7 Å². The third kappa shape index (κ3) is 3.39. The fourth-order valence-electron chi connectivity index (χ4n) is 2.65. The Morgan fingerprint density at radius 2 is 1.85 bits per heavy atom. The molecule has 134 valence electrons. The number of aryl methyl sites for hydroxylation is 1. The molecule has 0 atom stereocenters. The maximum absolute atomic E-state index is 12.4. The van der Waals surface area contributed by atoms with Crippen molar-refractivity contribution in [2.75, 3.05) is 5.43 Å². The van der Waals surface area contributed by atoms with Crippen LogP contribution in [0.25, 0.3) is 16.7 Å². The molecule has 7 nitrogen and oxygen atoms in total. The molecule has 1 amide bonds. The second-order valence-corrected chi connectivity index (χ2v) is 6.76. The number of anilines is 1. The van der Waals surface area contributed by atoms with E-state index < -0.39 is 0 Å². The number of aromatic nitrogens is 4. The number of hydrazine groups is 1. The summed E-state index contributed by atoms with van der Waals surface area (Å²) in [7, 11) is 0. The number of benzene rings is 2. The highest BCUT2D eigenvalue weighted by molar-refractivity contribution is 9.10. The van der Waals surface area contributed by atoms with Crippen molar-refractivity contribution in [3.63, 3.8) is 0 Å². The molecule has 0 saturated carbocycles. The van der Waals surface area contributed by atoms with E-state index in [0.29, 0.717) is 26.9 Å². The van der Waals surface area contributed by atoms with Crippen molar-refractivity contribution in [3.05, 3.63) is 76.7 Å². The van der Waals surface area contributed by atoms with Crippen LogP contribution in [0.5, 0.6) is 0 Å². The predicted molar refractivity (Wildman–Crippen MR) is 107 cm³/mol. The van der Waals surface area contributed by atoms with E-state index in [0.717, 1.165) is 5.69 Å². The summed E-state index contributed by atoms with van der Waals surface area (Å²) in [6, 6.07) is 15.2. The Kier molecular flexibility index (Phi) is 4.55. The van der Waals surface area contributed by atoms with Gasteiger partial charge in [0, 0.05) is 4.47 Å². The summed E-state index contributed by atoms with van der Waals surface area (Å²) in [6.45, 7) is 2.03. The second-order valence-electron chi connectivity index (χ2n) is 5.91. The number of nitrogens with zero attached hydrogens (tertiary/aromatic N) is 4. The summed E-state index contributed by atoms with van der Waals surface area (Å²) in [5.74, 6) is 0.193. The zero-order valence-electron chi connectivity index (χ0n) is 14.3. The lowest BCUT2D eigenvalue weighted by atomic mass is 10.2. The third-order valence-electron chi connectivity index (χ3n) is 4.06. The van der Waals surface area contributed by atoms with Crippen LogP contribution in [0.4, 0.5) is 5.82 Å². The molecule has 2 N–H and O–H groups in total. The summed E-state index contributed by atoms with van der Waals surface area (Å²) in [6.07, 6.45) is 3.10. The number of hydrogen-bond acceptors (Lipinski definition) is 5. The molecule has 0 saturated heterocycles. The van der Waals surface area contributed by atoms with Gasteiger partial charge in [-0.2, -0.15) is 5.10 Å². The maximum Gasteiger partial charge on any atom is 0.270 e. The van der Waals surface area contributed by atoms with Crippen LogP contribution in [-0.2, 0) is 0 Å². The van der Waals surface area contributed by atoms with Gasteiger partial charge in [0.15, 0.2) is 11.5 Å². The van der Waals surface area contributed by atoms with Gasteiger partial charge < -0.3 is 0 Å². The molecule has 0 aliphatic heterocycles. The van der Waals surface area contributed by atoms with Crippen molar-refractivity contribution in [1.82, 2.24) is 25.2 Å². The van der Waals surface area contributed by atoms with Crippen LogP contribution in [0.3, 0.4) is 0 Å². The van der Waals surface area contributed by atoms with Crippen molar-refractivity contribution in [3.8, 4) is 5.69 Å². The Morgan fingerprint density at radius 1 is 1.07 bits per heavy atom. The van der Waals surface area contributed by atoms with E-state index in [1.54, 1.807) is 23.0 Å². The maximum atomic E-state index is 12.4. The van der Waals surface area contributed by atoms with Gasteiger partial charge in [0.1, 0.15) is 6.33 Å². The SMILES string of the molecule is Cc1ccc(-n2ncc3c(NNC(=O)c4ccccc4Br)ncnc32)cc1. The Balaban J connectivity index is 1.61. The van der Waals surface area contributed by atoms with Crippen molar-refractivity contribution in [2.24, 2.45) is 0 Å². The van der Waals surface area contributed by atoms with Gasteiger partial charge >= 0.3 is 0 Å². The minimum absolute atomic E-state index is 0.278. The molecular formula is C19H15BrN6O. The highest BCUT2D eigenvalue weighted by Gasteiger charge is 2.13. The summed E-state index contributed by atoms with van der Waals surface area (Å²) < 4.78 is 2.45. The minimum Gasteiger partial charge on any atom is -0.281 e. The van der Waals surface area contributed by atoms with Crippen LogP contribution in [0, 0.1) is 6.92 Å². The summed E-state index contributed by atoms with van der Waals surface area (Å²) in [4.78, 5) is 20.9. The van der Waals surface area contributed by atoms with Crippen molar-refractivity contribution in [2.45, 2.75) is 6.92 Å². The van der Waals surface area contributed by atoms with Crippen LogP contribution in [0.1, 0.15) is 15.9 Å². The van der Waals surface area contributed by atoms with Gasteiger partial charge in [0.2, 0.25) is 0 Å². The highest BCUT2D eigenvalue weighted by Crippen LogP contribution is 2.21. The van der Waals surface area contributed by atoms with Gasteiger partial charge in [0.25, 0.3) is 5.91 Å². The first-order valence-corrected chi connectivity index (χ1v) is 8.99. The van der Waals surface area contributed by atoms with Gasteiger partial charge in [0.05, 0.1) is 22.8 Å². The molecule has 4 aromatic rings. The molecule has 27 heavy (non-hydrogen) atoms. The highest BCUT2D eigenvalue weighted by atomic mass is 79.9. The van der Waals surface area contributed by atoms with Crippen molar-refractivity contribution in [1.29, 1.82) is 0 Å². The Hall–Kier alpha value is -3.26. The first-order chi connectivity index (χ1) is 13.1. The smallest absolute Gasteiger partial charge is 0.270 e. The predicted octanol–water partition coefficient (Wildman–Crippen LogP) is 3.64. The molecule has 0 unspecified atom stereocenters. The van der Waals surface area contributed by atoms with Crippen LogP contribution in [0.2, 0.25) is 0 Å². The molecule has 8 heteroatoms. The largest absolute Gasteiger partial charge is 0.281 e. The van der Waals surface area contributed by atoms with E-state index >= 15 is 0 Å². The van der Waals surface area contributed by atoms with Crippen molar-refractivity contribution < 1.29 is 4.79 Å². The molecule has 4 rings (SSSR count). The number of nitrogens with one attached hydrogen (secondary N) is 2. The van der Waals surface area contributed by atoms with Gasteiger partial charge in [-0.1, -0.05) is 29.8 Å². The lowest BCUT2D eigenvalue weighted by Crippen LogP contribution is -2.30. The van der Waals surface area contributed by atoms with Crippen LogP contribution >= 0.6 is 15.9 Å². The van der Waals surface area contributed by atoms with E-state index in [2.05, 4.69) is 41.8 Å². The monoisotopic (exact) mass is 422 g/mol. The number of amides is 1. The number of rotatable bonds is 4. The Bertz CT molecular complexity index is 1120. The molecule has 0 aliphatic rings. The van der Waals surface area contributed by atoms with Crippen LogP contribution in [0.15, 0.2) is 65.5 Å². The van der Waals surface area contributed by atoms with Gasteiger partial charge in [-0.3, -0.25) is 15.6 Å². The number of hydrogen-bond donors (Lipinski definition) is 2. The van der Waals surface area contributed by atoms with E-state index in [4.69, 9.17) is 0 Å². The van der Waals surface area contributed by atoms with E-state index in [1.165, 1.54) is 11.9 Å². The zero-order chi connectivity index (χ0) is 18.8. The second kappa shape index (κ2) is 7.16. The summed E-state index contributed by atoms with van der Waals surface area (Å²) >= 11 is 3.37. The quantitative estimate of drug-likeness (QED) is 0.490. The standard InChI is InChI=1S/C19H15BrN6O/c1-12-6-8-13(9-7-12)26-18-15(10-23-26)17(21-11-22-18)24-25-19(27)14-4-2-3-5-16(14)20/h2-11H,1H3,(H,25,27)(H,21,22,24). The first-order valence-electron chi connectivity index (χ1n) is 8.20. The summed E-state index contributed by atoms with van der Waals surface area (Å²) in [5.41, 5.74) is 8.75. The zero-order valence-corrected chi connectivity index (χ0v) is 15.9. The third-order valence-corrected chi connectivity index (χ3v) is 4.75. The molecule has 0 fully saturated rings. The molecule has 0 spiro atoms. The van der Waals surface area contributed by atoms with E-state index in [-0.39, 0.29) is 5.91 Å². The lowest BCUT2D eigenvalue weighted by molar-refractivity contribution is 0.0962. The van der Waals surface area contributed by atoms with Gasteiger partial charge in [-0.25, -0.2) is 14.6 Å². The fraction of sp³-hybridized carbons (Fsp3) is 0.0526.